The number of hydrogen-bond donors (Lipinski definition) is 2. The van der Waals surface area contributed by atoms with Gasteiger partial charge in [0.25, 0.3) is 5.91 Å². The van der Waals surface area contributed by atoms with Crippen molar-refractivity contribution in [2.45, 2.75) is 31.2 Å². The Morgan fingerprint density at radius 2 is 1.87 bits per heavy atom. The van der Waals surface area contributed by atoms with Crippen LogP contribution in [0.5, 0.6) is 0 Å². The first kappa shape index (κ1) is 20.9. The molecule has 0 bridgehead atoms. The average molecular weight is 421 g/mol. The Bertz CT molecular complexity index is 1000. The van der Waals surface area contributed by atoms with E-state index in [9.17, 15) is 14.4 Å². The van der Waals surface area contributed by atoms with E-state index >= 15 is 0 Å². The van der Waals surface area contributed by atoms with Gasteiger partial charge in [-0.25, -0.2) is 4.79 Å². The Hall–Kier alpha value is -3.35. The van der Waals surface area contributed by atoms with Crippen molar-refractivity contribution in [1.82, 2.24) is 15.5 Å². The number of benzene rings is 2. The van der Waals surface area contributed by atoms with E-state index in [-0.39, 0.29) is 18.4 Å². The Morgan fingerprint density at radius 3 is 2.61 bits per heavy atom. The molecule has 4 rings (SSSR count). The number of nitrogens with one attached hydrogen (secondary N) is 2. The van der Waals surface area contributed by atoms with Crippen LogP contribution in [0, 0.1) is 0 Å². The Morgan fingerprint density at radius 1 is 1.13 bits per heavy atom. The van der Waals surface area contributed by atoms with E-state index in [0.29, 0.717) is 13.0 Å². The first-order chi connectivity index (χ1) is 14.9. The number of fused-ring (bicyclic) bond motifs is 2. The van der Waals surface area contributed by atoms with Gasteiger partial charge in [0.05, 0.1) is 0 Å². The van der Waals surface area contributed by atoms with Crippen LogP contribution in [0.3, 0.4) is 0 Å². The molecule has 2 aliphatic rings. The fourth-order valence-corrected chi connectivity index (χ4v) is 4.41. The highest BCUT2D eigenvalue weighted by molar-refractivity contribution is 6.09. The number of rotatable bonds is 7. The van der Waals surface area contributed by atoms with Crippen molar-refractivity contribution < 1.29 is 14.4 Å². The lowest BCUT2D eigenvalue weighted by molar-refractivity contribution is -0.135. The quantitative estimate of drug-likeness (QED) is 0.532. The summed E-state index contributed by atoms with van der Waals surface area (Å²) in [7, 11) is 4.01. The second kappa shape index (κ2) is 8.41. The molecule has 162 valence electrons. The van der Waals surface area contributed by atoms with E-state index in [1.807, 2.05) is 43.3 Å². The van der Waals surface area contributed by atoms with Gasteiger partial charge in [-0.05, 0) is 54.5 Å². The number of amides is 4. The largest absolute Gasteiger partial charge is 0.378 e. The van der Waals surface area contributed by atoms with Crippen molar-refractivity contribution in [3.63, 3.8) is 0 Å². The molecule has 1 fully saturated rings. The van der Waals surface area contributed by atoms with Crippen LogP contribution in [-0.4, -0.2) is 49.9 Å². The van der Waals surface area contributed by atoms with Crippen molar-refractivity contribution >= 4 is 23.5 Å². The molecular weight excluding hydrogens is 392 g/mol. The molecule has 7 nitrogen and oxygen atoms in total. The summed E-state index contributed by atoms with van der Waals surface area (Å²) >= 11 is 0. The van der Waals surface area contributed by atoms with Crippen LogP contribution in [0.2, 0.25) is 0 Å². The fourth-order valence-electron chi connectivity index (χ4n) is 4.41. The first-order valence-corrected chi connectivity index (χ1v) is 10.7. The monoisotopic (exact) mass is 420 g/mol. The maximum atomic E-state index is 13.1. The van der Waals surface area contributed by atoms with Gasteiger partial charge in [0.15, 0.2) is 0 Å². The van der Waals surface area contributed by atoms with Crippen molar-refractivity contribution in [3.05, 3.63) is 65.2 Å². The number of imide groups is 1. The minimum Gasteiger partial charge on any atom is -0.378 e. The number of carbonyl (C=O) groups excluding carboxylic acids is 3. The summed E-state index contributed by atoms with van der Waals surface area (Å²) in [6.07, 6.45) is 2.89. The molecule has 1 unspecified atom stereocenters. The van der Waals surface area contributed by atoms with Gasteiger partial charge in [0.2, 0.25) is 5.91 Å². The van der Waals surface area contributed by atoms with Crippen LogP contribution in [0.15, 0.2) is 48.5 Å². The lowest BCUT2D eigenvalue weighted by Crippen LogP contribution is -2.44. The Labute approximate surface area is 182 Å². The molecule has 0 aromatic heterocycles. The second-order valence-corrected chi connectivity index (χ2v) is 8.40. The van der Waals surface area contributed by atoms with Crippen LogP contribution in [0.1, 0.15) is 29.5 Å². The zero-order valence-electron chi connectivity index (χ0n) is 18.0. The fraction of sp³-hybridized carbons (Fsp3) is 0.375. The molecule has 1 spiro atoms. The third kappa shape index (κ3) is 4.00. The normalized spacial score (nSPS) is 19.5. The minimum atomic E-state index is -1.02. The van der Waals surface area contributed by atoms with Crippen molar-refractivity contribution in [1.29, 1.82) is 0 Å². The number of anilines is 1. The minimum absolute atomic E-state index is 0.258. The first-order valence-electron chi connectivity index (χ1n) is 10.7. The lowest BCUT2D eigenvalue weighted by Gasteiger charge is -2.22. The summed E-state index contributed by atoms with van der Waals surface area (Å²) in [5.74, 6) is -0.659. The zero-order valence-corrected chi connectivity index (χ0v) is 18.0. The topological polar surface area (TPSA) is 81.8 Å². The van der Waals surface area contributed by atoms with Crippen molar-refractivity contribution in [3.8, 4) is 0 Å². The summed E-state index contributed by atoms with van der Waals surface area (Å²) in [6.45, 7) is 0.234. The molecule has 1 heterocycles. The van der Waals surface area contributed by atoms with E-state index in [1.54, 1.807) is 0 Å². The molecule has 31 heavy (non-hydrogen) atoms. The van der Waals surface area contributed by atoms with E-state index in [0.717, 1.165) is 41.0 Å². The van der Waals surface area contributed by atoms with Gasteiger partial charge in [-0.1, -0.05) is 36.4 Å². The SMILES string of the molecule is CN(C)c1ccc(CCCNC(=O)CN2C(=O)NC3(CCc4ccccc43)C2=O)cc1. The number of carbonyl (C=O) groups is 3. The van der Waals surface area contributed by atoms with E-state index in [4.69, 9.17) is 0 Å². The van der Waals surface area contributed by atoms with Gasteiger partial charge in [-0.15, -0.1) is 0 Å². The number of nitrogens with zero attached hydrogens (tertiary/aromatic N) is 2. The summed E-state index contributed by atoms with van der Waals surface area (Å²) in [5, 5.41) is 5.67. The molecule has 1 saturated heterocycles. The number of hydrogen-bond acceptors (Lipinski definition) is 4. The molecule has 7 heteroatoms. The summed E-state index contributed by atoms with van der Waals surface area (Å²) in [4.78, 5) is 41.0. The molecule has 2 aromatic rings. The van der Waals surface area contributed by atoms with E-state index in [2.05, 4.69) is 34.9 Å². The molecule has 1 atom stereocenters. The standard InChI is InChI=1S/C24H28N4O3/c1-27(2)19-11-9-17(10-12-19)6-5-15-25-21(29)16-28-22(30)24(26-23(28)31)14-13-18-7-3-4-8-20(18)24/h3-4,7-12H,5-6,13-16H2,1-2H3,(H,25,29)(H,26,31). The summed E-state index contributed by atoms with van der Waals surface area (Å²) < 4.78 is 0. The van der Waals surface area contributed by atoms with Crippen LogP contribution in [-0.2, 0) is 28.0 Å². The maximum absolute atomic E-state index is 13.1. The van der Waals surface area contributed by atoms with Gasteiger partial charge in [0.1, 0.15) is 12.1 Å². The molecule has 2 aromatic carbocycles. The highest BCUT2D eigenvalue weighted by atomic mass is 16.2. The molecule has 1 aliphatic heterocycles. The average Bonchev–Trinajstić information content (AvgIpc) is 3.25. The third-order valence-electron chi connectivity index (χ3n) is 6.14. The zero-order chi connectivity index (χ0) is 22.0. The van der Waals surface area contributed by atoms with E-state index in [1.165, 1.54) is 5.56 Å². The van der Waals surface area contributed by atoms with Crippen LogP contribution in [0.4, 0.5) is 10.5 Å². The second-order valence-electron chi connectivity index (χ2n) is 8.40. The summed E-state index contributed by atoms with van der Waals surface area (Å²) in [6, 6.07) is 15.5. The molecule has 0 radical (unpaired) electrons. The predicted molar refractivity (Wildman–Crippen MR) is 119 cm³/mol. The summed E-state index contributed by atoms with van der Waals surface area (Å²) in [5.41, 5.74) is 3.24. The van der Waals surface area contributed by atoms with Gasteiger partial charge < -0.3 is 15.5 Å². The van der Waals surface area contributed by atoms with E-state index < -0.39 is 11.6 Å². The molecule has 0 saturated carbocycles. The van der Waals surface area contributed by atoms with Gasteiger partial charge >= 0.3 is 6.03 Å². The Kier molecular flexibility index (Phi) is 5.67. The maximum Gasteiger partial charge on any atom is 0.325 e. The highest BCUT2D eigenvalue weighted by Gasteiger charge is 2.55. The molecule has 4 amide bonds. The van der Waals surface area contributed by atoms with Crippen LogP contribution >= 0.6 is 0 Å². The lowest BCUT2D eigenvalue weighted by atomic mass is 9.92. The smallest absolute Gasteiger partial charge is 0.325 e. The molecule has 2 N–H and O–H groups in total. The molecular formula is C24H28N4O3. The van der Waals surface area contributed by atoms with Crippen LogP contribution in [0.25, 0.3) is 0 Å². The number of urea groups is 1. The van der Waals surface area contributed by atoms with Gasteiger partial charge in [-0.3, -0.25) is 14.5 Å². The molecule has 1 aliphatic carbocycles. The highest BCUT2D eigenvalue weighted by Crippen LogP contribution is 2.41. The van der Waals surface area contributed by atoms with Gasteiger partial charge in [-0.2, -0.15) is 0 Å². The Balaban J connectivity index is 1.28. The number of aryl methyl sites for hydroxylation is 2. The van der Waals surface area contributed by atoms with Gasteiger partial charge in [0, 0.05) is 26.3 Å². The third-order valence-corrected chi connectivity index (χ3v) is 6.14. The van der Waals surface area contributed by atoms with Crippen molar-refractivity contribution in [2.24, 2.45) is 0 Å². The van der Waals surface area contributed by atoms with Crippen molar-refractivity contribution in [2.75, 3.05) is 32.1 Å². The van der Waals surface area contributed by atoms with Crippen LogP contribution < -0.4 is 15.5 Å². The predicted octanol–water partition coefficient (Wildman–Crippen LogP) is 2.19.